The molecule has 0 saturated heterocycles. The van der Waals surface area contributed by atoms with Crippen molar-refractivity contribution in [1.82, 2.24) is 4.72 Å². The van der Waals surface area contributed by atoms with Gasteiger partial charge in [0.05, 0.1) is 17.7 Å². The van der Waals surface area contributed by atoms with E-state index in [0.717, 1.165) is 11.3 Å². The maximum atomic E-state index is 12.7. The van der Waals surface area contributed by atoms with Gasteiger partial charge in [-0.15, -0.1) is 0 Å². The van der Waals surface area contributed by atoms with Gasteiger partial charge >= 0.3 is 5.97 Å². The van der Waals surface area contributed by atoms with Crippen LogP contribution < -0.4 is 9.62 Å². The second-order valence-electron chi connectivity index (χ2n) is 6.42. The first-order valence-electron chi connectivity index (χ1n) is 8.30. The van der Waals surface area contributed by atoms with E-state index in [0.29, 0.717) is 6.42 Å². The first-order chi connectivity index (χ1) is 12.6. The van der Waals surface area contributed by atoms with Crippen LogP contribution in [0.4, 0.5) is 5.69 Å². The number of carbonyl (C=O) groups is 1. The van der Waals surface area contributed by atoms with Crippen LogP contribution in [-0.2, 0) is 21.2 Å². The Labute approximate surface area is 165 Å². The number of anilines is 1. The monoisotopic (exact) mass is 410 g/mol. The summed E-state index contributed by atoms with van der Waals surface area (Å²) in [5, 5.41) is 0.0395. The van der Waals surface area contributed by atoms with Crippen LogP contribution in [0.5, 0.6) is 0 Å². The minimum absolute atomic E-state index is 0.0395. The van der Waals surface area contributed by atoms with Crippen LogP contribution in [0.25, 0.3) is 0 Å². The SMILES string of the molecule is COC(=O)c1ccc(Cl)c(S(=O)(=O)N[C@@H](C)Cc2ccc(N(C)C)cc2)c1. The number of halogens is 1. The molecule has 8 heteroatoms. The number of nitrogens with one attached hydrogen (secondary N) is 1. The largest absolute Gasteiger partial charge is 0.465 e. The van der Waals surface area contributed by atoms with Crippen LogP contribution in [0.2, 0.25) is 5.02 Å². The summed E-state index contributed by atoms with van der Waals surface area (Å²) in [7, 11) is 1.25. The number of methoxy groups -OCH3 is 1. The van der Waals surface area contributed by atoms with E-state index in [1.165, 1.54) is 25.3 Å². The maximum absolute atomic E-state index is 12.7. The number of ether oxygens (including phenoxy) is 1. The number of nitrogens with zero attached hydrogens (tertiary/aromatic N) is 1. The molecule has 0 radical (unpaired) electrons. The highest BCUT2D eigenvalue weighted by atomic mass is 35.5. The molecular formula is C19H23ClN2O4S. The molecule has 0 unspecified atom stereocenters. The Kier molecular flexibility index (Phi) is 6.86. The molecule has 0 heterocycles. The molecule has 0 fully saturated rings. The van der Waals surface area contributed by atoms with Gasteiger partial charge in [-0.1, -0.05) is 23.7 Å². The van der Waals surface area contributed by atoms with Crippen LogP contribution in [0, 0.1) is 0 Å². The van der Waals surface area contributed by atoms with Gasteiger partial charge in [0.2, 0.25) is 10.0 Å². The summed E-state index contributed by atoms with van der Waals surface area (Å²) >= 11 is 6.04. The molecule has 0 aliphatic heterocycles. The highest BCUT2D eigenvalue weighted by Crippen LogP contribution is 2.23. The molecule has 2 rings (SSSR count). The van der Waals surface area contributed by atoms with E-state index in [4.69, 9.17) is 11.6 Å². The molecule has 0 aromatic heterocycles. The third-order valence-electron chi connectivity index (χ3n) is 3.99. The number of carbonyl (C=O) groups excluding carboxylic acids is 1. The molecule has 1 N–H and O–H groups in total. The van der Waals surface area contributed by atoms with E-state index in [9.17, 15) is 13.2 Å². The van der Waals surface area contributed by atoms with E-state index < -0.39 is 16.0 Å². The highest BCUT2D eigenvalue weighted by Gasteiger charge is 2.22. The molecule has 0 aliphatic carbocycles. The maximum Gasteiger partial charge on any atom is 0.337 e. The standard InChI is InChI=1S/C19H23ClN2O4S/c1-13(11-14-5-8-16(9-6-14)22(2)3)21-27(24,25)18-12-15(19(23)26-4)7-10-17(18)20/h5-10,12-13,21H,11H2,1-4H3/t13-/m0/s1. The number of sulfonamides is 1. The lowest BCUT2D eigenvalue weighted by Crippen LogP contribution is -2.34. The van der Waals surface area contributed by atoms with E-state index >= 15 is 0 Å². The number of esters is 1. The molecule has 0 spiro atoms. The molecule has 146 valence electrons. The summed E-state index contributed by atoms with van der Waals surface area (Å²) in [6.45, 7) is 1.77. The Hall–Kier alpha value is -2.09. The van der Waals surface area contributed by atoms with Crippen molar-refractivity contribution in [3.05, 3.63) is 58.6 Å². The minimum atomic E-state index is -3.89. The van der Waals surface area contributed by atoms with Gasteiger partial charge in [-0.25, -0.2) is 17.9 Å². The molecule has 6 nitrogen and oxygen atoms in total. The zero-order valence-corrected chi connectivity index (χ0v) is 17.3. The van der Waals surface area contributed by atoms with Gasteiger partial charge in [0.1, 0.15) is 4.90 Å². The zero-order valence-electron chi connectivity index (χ0n) is 15.7. The predicted molar refractivity (Wildman–Crippen MR) is 107 cm³/mol. The molecule has 27 heavy (non-hydrogen) atoms. The van der Waals surface area contributed by atoms with Crippen molar-refractivity contribution in [3.63, 3.8) is 0 Å². The van der Waals surface area contributed by atoms with Gasteiger partial charge in [-0.3, -0.25) is 0 Å². The quantitative estimate of drug-likeness (QED) is 0.710. The molecule has 0 aliphatic rings. The van der Waals surface area contributed by atoms with Crippen molar-refractivity contribution in [1.29, 1.82) is 0 Å². The van der Waals surface area contributed by atoms with Gasteiger partial charge in [0.25, 0.3) is 0 Å². The van der Waals surface area contributed by atoms with Crippen LogP contribution in [0.1, 0.15) is 22.8 Å². The fourth-order valence-electron chi connectivity index (χ4n) is 2.61. The fraction of sp³-hybridized carbons (Fsp3) is 0.316. The Morgan fingerprint density at radius 3 is 2.37 bits per heavy atom. The lowest BCUT2D eigenvalue weighted by atomic mass is 10.1. The Morgan fingerprint density at radius 2 is 1.81 bits per heavy atom. The second kappa shape index (κ2) is 8.73. The minimum Gasteiger partial charge on any atom is -0.465 e. The van der Waals surface area contributed by atoms with Crippen molar-refractivity contribution in [2.75, 3.05) is 26.1 Å². The normalized spacial score (nSPS) is 12.5. The highest BCUT2D eigenvalue weighted by molar-refractivity contribution is 7.89. The van der Waals surface area contributed by atoms with Gasteiger partial charge < -0.3 is 9.64 Å². The second-order valence-corrected chi connectivity index (χ2v) is 8.51. The molecule has 0 amide bonds. The number of hydrogen-bond donors (Lipinski definition) is 1. The van der Waals surface area contributed by atoms with Crippen LogP contribution in [0.3, 0.4) is 0 Å². The molecule has 2 aromatic rings. The van der Waals surface area contributed by atoms with E-state index in [1.54, 1.807) is 6.92 Å². The summed E-state index contributed by atoms with van der Waals surface area (Å²) in [6, 6.07) is 11.5. The number of hydrogen-bond acceptors (Lipinski definition) is 5. The lowest BCUT2D eigenvalue weighted by Gasteiger charge is -2.17. The summed E-state index contributed by atoms with van der Waals surface area (Å²) in [5.74, 6) is -0.628. The third kappa shape index (κ3) is 5.45. The number of rotatable bonds is 7. The van der Waals surface area contributed by atoms with Gasteiger partial charge in [-0.2, -0.15) is 0 Å². The van der Waals surface area contributed by atoms with Gasteiger partial charge in [0, 0.05) is 25.8 Å². The summed E-state index contributed by atoms with van der Waals surface area (Å²) in [4.78, 5) is 13.5. The first-order valence-corrected chi connectivity index (χ1v) is 10.2. The Bertz CT molecular complexity index is 912. The van der Waals surface area contributed by atoms with Gasteiger partial charge in [-0.05, 0) is 49.2 Å². The Morgan fingerprint density at radius 1 is 1.19 bits per heavy atom. The third-order valence-corrected chi connectivity index (χ3v) is 6.06. The van der Waals surface area contributed by atoms with E-state index in [-0.39, 0.29) is 21.5 Å². The summed E-state index contributed by atoms with van der Waals surface area (Å²) in [5.41, 5.74) is 2.19. The topological polar surface area (TPSA) is 75.7 Å². The van der Waals surface area contributed by atoms with Crippen LogP contribution >= 0.6 is 11.6 Å². The molecule has 2 aromatic carbocycles. The van der Waals surface area contributed by atoms with Crippen molar-refractivity contribution in [3.8, 4) is 0 Å². The van der Waals surface area contributed by atoms with Gasteiger partial charge in [0.15, 0.2) is 0 Å². The van der Waals surface area contributed by atoms with Crippen molar-refractivity contribution in [2.24, 2.45) is 0 Å². The first kappa shape index (κ1) is 21.2. The predicted octanol–water partition coefficient (Wildman–Crippen LogP) is 3.10. The molecule has 1 atom stereocenters. The lowest BCUT2D eigenvalue weighted by molar-refractivity contribution is 0.0600. The summed E-state index contributed by atoms with van der Waals surface area (Å²) in [6.07, 6.45) is 0.515. The van der Waals surface area contributed by atoms with Crippen LogP contribution in [-0.4, -0.2) is 41.6 Å². The Balaban J connectivity index is 2.16. The molecular weight excluding hydrogens is 388 g/mol. The van der Waals surface area contributed by atoms with Crippen molar-refractivity contribution >= 4 is 33.3 Å². The molecule has 0 bridgehead atoms. The number of benzene rings is 2. The average Bonchev–Trinajstić information content (AvgIpc) is 2.61. The van der Waals surface area contributed by atoms with E-state index in [2.05, 4.69) is 9.46 Å². The van der Waals surface area contributed by atoms with Crippen molar-refractivity contribution < 1.29 is 17.9 Å². The molecule has 0 saturated carbocycles. The smallest absolute Gasteiger partial charge is 0.337 e. The van der Waals surface area contributed by atoms with Crippen molar-refractivity contribution in [2.45, 2.75) is 24.3 Å². The average molecular weight is 411 g/mol. The summed E-state index contributed by atoms with van der Waals surface area (Å²) < 4.78 is 32.6. The van der Waals surface area contributed by atoms with E-state index in [1.807, 2.05) is 43.3 Å². The van der Waals surface area contributed by atoms with Crippen LogP contribution in [0.15, 0.2) is 47.4 Å². The zero-order chi connectivity index (χ0) is 20.2. The fourth-order valence-corrected chi connectivity index (χ4v) is 4.38.